The lowest BCUT2D eigenvalue weighted by Gasteiger charge is -2.12. The average Bonchev–Trinajstić information content (AvgIpc) is 2.04. The molecule has 1 heteroatoms. The maximum Gasteiger partial charge on any atom is -0.0231 e. The summed E-state index contributed by atoms with van der Waals surface area (Å²) in [6, 6.07) is 0. The van der Waals surface area contributed by atoms with E-state index in [1.165, 1.54) is 18.4 Å². The molecule has 0 aliphatic heterocycles. The molecular formula is C12H21I. The van der Waals surface area contributed by atoms with Crippen LogP contribution in [0.3, 0.4) is 0 Å². The van der Waals surface area contributed by atoms with E-state index in [9.17, 15) is 0 Å². The van der Waals surface area contributed by atoms with Gasteiger partial charge >= 0.3 is 0 Å². The van der Waals surface area contributed by atoms with Gasteiger partial charge in [0.25, 0.3) is 0 Å². The normalized spacial score (nSPS) is 17.8. The SMILES string of the molecule is CCC(C)CC(C)/C=C(C)/C=C/I. The smallest absolute Gasteiger partial charge is 0.0231 e. The number of hydrogen-bond acceptors (Lipinski definition) is 0. The Hall–Kier alpha value is 0.210. The minimum Gasteiger partial charge on any atom is -0.0787 e. The van der Waals surface area contributed by atoms with Gasteiger partial charge in [-0.2, -0.15) is 0 Å². The van der Waals surface area contributed by atoms with Crippen LogP contribution in [-0.4, -0.2) is 0 Å². The fourth-order valence-corrected chi connectivity index (χ4v) is 2.04. The summed E-state index contributed by atoms with van der Waals surface area (Å²) in [5, 5.41) is 0. The highest BCUT2D eigenvalue weighted by atomic mass is 127. The van der Waals surface area contributed by atoms with Crippen molar-refractivity contribution in [2.24, 2.45) is 11.8 Å². The van der Waals surface area contributed by atoms with Crippen LogP contribution in [0.4, 0.5) is 0 Å². The van der Waals surface area contributed by atoms with E-state index in [4.69, 9.17) is 0 Å². The summed E-state index contributed by atoms with van der Waals surface area (Å²) in [6.07, 6.45) is 7.12. The van der Waals surface area contributed by atoms with Crippen molar-refractivity contribution in [3.63, 3.8) is 0 Å². The van der Waals surface area contributed by atoms with Crippen LogP contribution in [0.5, 0.6) is 0 Å². The summed E-state index contributed by atoms with van der Waals surface area (Å²) < 4.78 is 2.07. The van der Waals surface area contributed by atoms with Gasteiger partial charge in [0.05, 0.1) is 0 Å². The average molecular weight is 292 g/mol. The zero-order chi connectivity index (χ0) is 10.3. The van der Waals surface area contributed by atoms with Gasteiger partial charge in [-0.3, -0.25) is 0 Å². The summed E-state index contributed by atoms with van der Waals surface area (Å²) in [5.41, 5.74) is 1.38. The van der Waals surface area contributed by atoms with Gasteiger partial charge in [0.15, 0.2) is 0 Å². The highest BCUT2D eigenvalue weighted by Gasteiger charge is 2.03. The minimum atomic E-state index is 0.711. The van der Waals surface area contributed by atoms with Crippen LogP contribution in [0.15, 0.2) is 21.8 Å². The number of allylic oxidation sites excluding steroid dienone is 3. The minimum absolute atomic E-state index is 0.711. The van der Waals surface area contributed by atoms with E-state index in [0.717, 1.165) is 5.92 Å². The van der Waals surface area contributed by atoms with Gasteiger partial charge < -0.3 is 0 Å². The third kappa shape index (κ3) is 7.29. The van der Waals surface area contributed by atoms with Crippen molar-refractivity contribution in [3.8, 4) is 0 Å². The molecule has 0 rings (SSSR count). The molecule has 0 saturated heterocycles. The van der Waals surface area contributed by atoms with Crippen LogP contribution < -0.4 is 0 Å². The molecule has 0 amide bonds. The van der Waals surface area contributed by atoms with E-state index in [2.05, 4.69) is 66.5 Å². The van der Waals surface area contributed by atoms with Crippen LogP contribution in [0.25, 0.3) is 0 Å². The Bertz CT molecular complexity index is 180. The number of rotatable bonds is 5. The second-order valence-electron chi connectivity index (χ2n) is 3.93. The van der Waals surface area contributed by atoms with Gasteiger partial charge in [0.1, 0.15) is 0 Å². The van der Waals surface area contributed by atoms with Crippen molar-refractivity contribution in [1.29, 1.82) is 0 Å². The molecule has 0 saturated carbocycles. The Morgan fingerprint density at radius 3 is 2.46 bits per heavy atom. The van der Waals surface area contributed by atoms with Crippen molar-refractivity contribution >= 4 is 22.6 Å². The Kier molecular flexibility index (Phi) is 7.72. The molecular weight excluding hydrogens is 271 g/mol. The Labute approximate surface area is 96.6 Å². The first-order valence-corrected chi connectivity index (χ1v) is 6.29. The van der Waals surface area contributed by atoms with Crippen LogP contribution in [-0.2, 0) is 0 Å². The summed E-state index contributed by atoms with van der Waals surface area (Å²) >= 11 is 2.26. The molecule has 0 aromatic heterocycles. The molecule has 76 valence electrons. The molecule has 0 spiro atoms. The fourth-order valence-electron chi connectivity index (χ4n) is 1.47. The zero-order valence-corrected chi connectivity index (χ0v) is 11.3. The molecule has 0 aliphatic carbocycles. The van der Waals surface area contributed by atoms with Crippen molar-refractivity contribution in [2.75, 3.05) is 0 Å². The molecule has 0 nitrogen and oxygen atoms in total. The van der Waals surface area contributed by atoms with Gasteiger partial charge in [-0.15, -0.1) is 0 Å². The van der Waals surface area contributed by atoms with Crippen LogP contribution in [0.2, 0.25) is 0 Å². The topological polar surface area (TPSA) is 0 Å². The standard InChI is InChI=1S/C12H21I/c1-5-10(2)8-12(4)9-11(3)6-7-13/h6-7,9-10,12H,5,8H2,1-4H3/b7-6+,11-9+. The summed E-state index contributed by atoms with van der Waals surface area (Å²) in [6.45, 7) is 9.06. The second kappa shape index (κ2) is 7.60. The molecule has 2 unspecified atom stereocenters. The van der Waals surface area contributed by atoms with Gasteiger partial charge in [-0.05, 0) is 29.3 Å². The Balaban J connectivity index is 3.97. The van der Waals surface area contributed by atoms with E-state index in [1.807, 2.05) is 0 Å². The van der Waals surface area contributed by atoms with E-state index < -0.39 is 0 Å². The van der Waals surface area contributed by atoms with Crippen LogP contribution in [0, 0.1) is 11.8 Å². The Morgan fingerprint density at radius 2 is 2.00 bits per heavy atom. The van der Waals surface area contributed by atoms with E-state index in [1.54, 1.807) is 0 Å². The van der Waals surface area contributed by atoms with E-state index >= 15 is 0 Å². The molecule has 0 N–H and O–H groups in total. The monoisotopic (exact) mass is 292 g/mol. The van der Waals surface area contributed by atoms with Crippen molar-refractivity contribution in [2.45, 2.75) is 40.5 Å². The van der Waals surface area contributed by atoms with Gasteiger partial charge in [0.2, 0.25) is 0 Å². The van der Waals surface area contributed by atoms with Gasteiger partial charge in [-0.25, -0.2) is 0 Å². The Morgan fingerprint density at radius 1 is 1.38 bits per heavy atom. The highest BCUT2D eigenvalue weighted by Crippen LogP contribution is 2.17. The lowest BCUT2D eigenvalue weighted by molar-refractivity contribution is 0.454. The third-order valence-electron chi connectivity index (χ3n) is 2.34. The summed E-state index contributed by atoms with van der Waals surface area (Å²) in [7, 11) is 0. The molecule has 0 heterocycles. The summed E-state index contributed by atoms with van der Waals surface area (Å²) in [5.74, 6) is 1.56. The van der Waals surface area contributed by atoms with Gasteiger partial charge in [0, 0.05) is 0 Å². The molecule has 0 bridgehead atoms. The maximum absolute atomic E-state index is 2.36. The quantitative estimate of drug-likeness (QED) is 0.496. The molecule has 0 fully saturated rings. The third-order valence-corrected chi connectivity index (χ3v) is 2.70. The molecule has 0 radical (unpaired) electrons. The molecule has 0 aromatic carbocycles. The molecule has 13 heavy (non-hydrogen) atoms. The van der Waals surface area contributed by atoms with E-state index in [-0.39, 0.29) is 0 Å². The highest BCUT2D eigenvalue weighted by molar-refractivity contribution is 14.1. The fraction of sp³-hybridized carbons (Fsp3) is 0.667. The lowest BCUT2D eigenvalue weighted by Crippen LogP contribution is -1.99. The number of halogens is 1. The predicted octanol–water partition coefficient (Wildman–Crippen LogP) is 4.95. The molecule has 2 atom stereocenters. The molecule has 0 aromatic rings. The summed E-state index contributed by atoms with van der Waals surface area (Å²) in [4.78, 5) is 0. The van der Waals surface area contributed by atoms with Gasteiger partial charge in [-0.1, -0.05) is 67.5 Å². The van der Waals surface area contributed by atoms with Crippen molar-refractivity contribution in [1.82, 2.24) is 0 Å². The van der Waals surface area contributed by atoms with Crippen molar-refractivity contribution in [3.05, 3.63) is 21.8 Å². The molecule has 0 aliphatic rings. The van der Waals surface area contributed by atoms with Crippen molar-refractivity contribution < 1.29 is 0 Å². The van der Waals surface area contributed by atoms with E-state index in [0.29, 0.717) is 5.92 Å². The first kappa shape index (κ1) is 13.2. The maximum atomic E-state index is 2.36. The first-order chi connectivity index (χ1) is 6.10. The van der Waals surface area contributed by atoms with Crippen LogP contribution in [0.1, 0.15) is 40.5 Å². The lowest BCUT2D eigenvalue weighted by atomic mass is 9.94. The second-order valence-corrected chi connectivity index (χ2v) is 4.65. The largest absolute Gasteiger partial charge is 0.0787 e. The van der Waals surface area contributed by atoms with Crippen LogP contribution >= 0.6 is 22.6 Å². The zero-order valence-electron chi connectivity index (χ0n) is 9.18. The number of hydrogen-bond donors (Lipinski definition) is 0. The predicted molar refractivity (Wildman–Crippen MR) is 70.2 cm³/mol. The first-order valence-electron chi connectivity index (χ1n) is 5.05.